The largest absolute Gasteiger partial charge is 0.368 e. The molecule has 0 saturated heterocycles. The van der Waals surface area contributed by atoms with Gasteiger partial charge in [0.25, 0.3) is 0 Å². The Bertz CT molecular complexity index is 685. The Labute approximate surface area is 148 Å². The first-order valence-corrected chi connectivity index (χ1v) is 11.2. The third-order valence-corrected chi connectivity index (χ3v) is 9.42. The summed E-state index contributed by atoms with van der Waals surface area (Å²) in [6.45, 7) is 0. The van der Waals surface area contributed by atoms with Crippen LogP contribution in [0, 0.1) is 0 Å². The van der Waals surface area contributed by atoms with Crippen molar-refractivity contribution in [3.63, 3.8) is 0 Å². The molecule has 0 bridgehead atoms. The molecule has 1 radical (unpaired) electrons. The van der Waals surface area contributed by atoms with E-state index < -0.39 is 14.3 Å². The molecule has 4 rings (SSSR count). The van der Waals surface area contributed by atoms with Crippen LogP contribution in [-0.2, 0) is 0 Å². The summed E-state index contributed by atoms with van der Waals surface area (Å²) in [5.41, 5.74) is 0. The summed E-state index contributed by atoms with van der Waals surface area (Å²) in [7, 11) is 0. The second kappa shape index (κ2) is 8.94. The van der Waals surface area contributed by atoms with Gasteiger partial charge in [-0.3, -0.25) is 0 Å². The number of nitrogens with one attached hydrogen (secondary N) is 1. The SMILES string of the molecule is c1cc[c]([Ge]([c]2ccccc2)[c]2ccccc2)cc1.c1cc[nH]c1. The van der Waals surface area contributed by atoms with Crippen LogP contribution in [0.4, 0.5) is 0 Å². The number of benzene rings is 3. The molecule has 0 aliphatic rings. The number of H-pyrrole nitrogens is 1. The van der Waals surface area contributed by atoms with E-state index in [1.165, 1.54) is 13.2 Å². The number of hydrogen-bond acceptors (Lipinski definition) is 0. The summed E-state index contributed by atoms with van der Waals surface area (Å²) in [5.74, 6) is 0. The normalized spacial score (nSPS) is 10.0. The Hall–Kier alpha value is -2.52. The van der Waals surface area contributed by atoms with E-state index in [-0.39, 0.29) is 0 Å². The van der Waals surface area contributed by atoms with Crippen molar-refractivity contribution in [2.45, 2.75) is 0 Å². The van der Waals surface area contributed by atoms with Crippen molar-refractivity contribution in [2.24, 2.45) is 0 Å². The summed E-state index contributed by atoms with van der Waals surface area (Å²) >= 11 is -1.63. The van der Waals surface area contributed by atoms with E-state index in [9.17, 15) is 0 Å². The van der Waals surface area contributed by atoms with Gasteiger partial charge >= 0.3 is 119 Å². The van der Waals surface area contributed by atoms with Crippen molar-refractivity contribution >= 4 is 27.5 Å². The van der Waals surface area contributed by atoms with Crippen molar-refractivity contribution in [3.05, 3.63) is 116 Å². The molecule has 4 aromatic rings. The van der Waals surface area contributed by atoms with Crippen molar-refractivity contribution in [1.29, 1.82) is 0 Å². The van der Waals surface area contributed by atoms with Gasteiger partial charge in [-0.15, -0.1) is 0 Å². The summed E-state index contributed by atoms with van der Waals surface area (Å²) in [5, 5.41) is 0. The number of aromatic amines is 1. The van der Waals surface area contributed by atoms with Gasteiger partial charge in [-0.25, -0.2) is 0 Å². The van der Waals surface area contributed by atoms with Gasteiger partial charge in [-0.1, -0.05) is 0 Å². The minimum atomic E-state index is -1.63. The van der Waals surface area contributed by atoms with Crippen LogP contribution >= 0.6 is 0 Å². The van der Waals surface area contributed by atoms with E-state index in [1.807, 2.05) is 24.5 Å². The van der Waals surface area contributed by atoms with E-state index in [4.69, 9.17) is 0 Å². The van der Waals surface area contributed by atoms with Gasteiger partial charge in [0.05, 0.1) is 0 Å². The molecule has 1 nitrogen and oxygen atoms in total. The monoisotopic (exact) mass is 372 g/mol. The van der Waals surface area contributed by atoms with Crippen LogP contribution in [0.3, 0.4) is 0 Å². The zero-order valence-corrected chi connectivity index (χ0v) is 15.6. The molecule has 0 amide bonds. The maximum atomic E-state index is 2.86. The minimum absolute atomic E-state index is 1.50. The molecule has 117 valence electrons. The molecular weight excluding hydrogens is 351 g/mol. The van der Waals surface area contributed by atoms with Crippen LogP contribution < -0.4 is 13.2 Å². The average molecular weight is 371 g/mol. The molecular formula is C22H20GeN. The first-order chi connectivity index (χ1) is 11.9. The standard InChI is InChI=1S/C18H15Ge.C4H5N/c1-4-10-16(11-5-1)19(17-12-6-2-7-13-17)18-14-8-3-9-15-18;1-2-4-5-3-1/h1-15H;1-5H. The predicted octanol–water partition coefficient (Wildman–Crippen LogP) is 3.22. The quantitative estimate of drug-likeness (QED) is 0.533. The van der Waals surface area contributed by atoms with Gasteiger partial charge in [-0.05, 0) is 12.1 Å². The minimum Gasteiger partial charge on any atom is -0.368 e. The fourth-order valence-corrected chi connectivity index (χ4v) is 8.00. The number of rotatable bonds is 3. The molecule has 0 fully saturated rings. The number of hydrogen-bond donors (Lipinski definition) is 1. The Kier molecular flexibility index (Phi) is 6.09. The van der Waals surface area contributed by atoms with Crippen LogP contribution in [0.25, 0.3) is 0 Å². The second-order valence-corrected chi connectivity index (χ2v) is 10.6. The van der Waals surface area contributed by atoms with Gasteiger partial charge in [0.15, 0.2) is 0 Å². The van der Waals surface area contributed by atoms with Crippen LogP contribution in [0.15, 0.2) is 116 Å². The third kappa shape index (κ3) is 4.49. The fourth-order valence-electron chi connectivity index (χ4n) is 2.59. The molecule has 0 unspecified atom stereocenters. The van der Waals surface area contributed by atoms with E-state index in [0.717, 1.165) is 0 Å². The second-order valence-electron chi connectivity index (χ2n) is 5.36. The molecule has 0 aliphatic carbocycles. The van der Waals surface area contributed by atoms with Crippen LogP contribution in [0.1, 0.15) is 0 Å². The Morgan fingerprint density at radius 2 is 0.750 bits per heavy atom. The zero-order chi connectivity index (χ0) is 16.5. The third-order valence-electron chi connectivity index (χ3n) is 3.68. The van der Waals surface area contributed by atoms with E-state index in [1.54, 1.807) is 0 Å². The molecule has 2 heteroatoms. The molecule has 0 aliphatic heterocycles. The van der Waals surface area contributed by atoms with E-state index in [2.05, 4.69) is 96.0 Å². The van der Waals surface area contributed by atoms with Crippen molar-refractivity contribution in [1.82, 2.24) is 4.98 Å². The Balaban J connectivity index is 0.000000290. The van der Waals surface area contributed by atoms with Gasteiger partial charge in [0.2, 0.25) is 0 Å². The summed E-state index contributed by atoms with van der Waals surface area (Å²) in [6.07, 6.45) is 3.75. The zero-order valence-electron chi connectivity index (χ0n) is 13.5. The topological polar surface area (TPSA) is 15.8 Å². The molecule has 1 aromatic heterocycles. The Morgan fingerprint density at radius 1 is 0.417 bits per heavy atom. The first-order valence-electron chi connectivity index (χ1n) is 8.06. The van der Waals surface area contributed by atoms with Crippen LogP contribution in [0.2, 0.25) is 0 Å². The molecule has 1 N–H and O–H groups in total. The maximum absolute atomic E-state index is 2.86. The Morgan fingerprint density at radius 3 is 1.00 bits per heavy atom. The van der Waals surface area contributed by atoms with Gasteiger partial charge in [0.1, 0.15) is 0 Å². The van der Waals surface area contributed by atoms with E-state index >= 15 is 0 Å². The molecule has 0 spiro atoms. The maximum Gasteiger partial charge on any atom is 0.000496 e. The molecule has 1 heterocycles. The van der Waals surface area contributed by atoms with Crippen LogP contribution in [-0.4, -0.2) is 19.3 Å². The molecule has 0 atom stereocenters. The molecule has 0 saturated carbocycles. The summed E-state index contributed by atoms with van der Waals surface area (Å²) in [6, 6.07) is 36.7. The average Bonchev–Trinajstić information content (AvgIpc) is 3.25. The predicted molar refractivity (Wildman–Crippen MR) is 105 cm³/mol. The van der Waals surface area contributed by atoms with Crippen molar-refractivity contribution in [3.8, 4) is 0 Å². The molecule has 24 heavy (non-hydrogen) atoms. The van der Waals surface area contributed by atoms with Gasteiger partial charge in [0, 0.05) is 12.4 Å². The first kappa shape index (κ1) is 16.3. The van der Waals surface area contributed by atoms with Crippen LogP contribution in [0.5, 0.6) is 0 Å². The number of aromatic nitrogens is 1. The van der Waals surface area contributed by atoms with Crippen molar-refractivity contribution < 1.29 is 0 Å². The summed E-state index contributed by atoms with van der Waals surface area (Å²) < 4.78 is 4.50. The smallest absolute Gasteiger partial charge is 0.000496 e. The van der Waals surface area contributed by atoms with Crippen molar-refractivity contribution in [2.75, 3.05) is 0 Å². The van der Waals surface area contributed by atoms with Gasteiger partial charge in [-0.2, -0.15) is 0 Å². The summed E-state index contributed by atoms with van der Waals surface area (Å²) in [4.78, 5) is 2.86. The van der Waals surface area contributed by atoms with E-state index in [0.29, 0.717) is 0 Å². The molecule has 3 aromatic carbocycles. The van der Waals surface area contributed by atoms with Gasteiger partial charge < -0.3 is 4.98 Å². The fraction of sp³-hybridized carbons (Fsp3) is 0.